The molecule has 0 amide bonds. The molecule has 0 bridgehead atoms. The van der Waals surface area contributed by atoms with Crippen molar-refractivity contribution in [2.24, 2.45) is 5.92 Å². The molecule has 4 N–H and O–H groups in total. The number of carboxylic acids is 1. The number of hydrogen-bond acceptors (Lipinski definition) is 7. The molecule has 1 heterocycles. The van der Waals surface area contributed by atoms with Crippen LogP contribution in [0.2, 0.25) is 0 Å². The zero-order chi connectivity index (χ0) is 29.4. The SMILES string of the molecule is O=C(O)c1nc(CC2(c3cccc4ccccc34)CCCC2)nc(O)c1OCc1ccccc1.OCCNCC1CC1. The van der Waals surface area contributed by atoms with Crippen LogP contribution in [0.15, 0.2) is 72.8 Å². The fraction of sp³-hybridized carbons (Fsp3) is 0.382. The fourth-order valence-electron chi connectivity index (χ4n) is 5.86. The predicted octanol–water partition coefficient (Wildman–Crippen LogP) is 5.65. The van der Waals surface area contributed by atoms with Crippen molar-refractivity contribution in [1.82, 2.24) is 15.3 Å². The van der Waals surface area contributed by atoms with Crippen LogP contribution in [0.25, 0.3) is 10.8 Å². The second-order valence-corrected chi connectivity index (χ2v) is 11.3. The quantitative estimate of drug-likeness (QED) is 0.171. The fourth-order valence-corrected chi connectivity index (χ4v) is 5.86. The number of nitrogens with one attached hydrogen (secondary N) is 1. The number of carboxylic acid groups (broad SMARTS) is 1. The molecule has 1 aromatic heterocycles. The van der Waals surface area contributed by atoms with Crippen LogP contribution < -0.4 is 10.1 Å². The molecule has 0 radical (unpaired) electrons. The second-order valence-electron chi connectivity index (χ2n) is 11.3. The molecule has 8 nitrogen and oxygen atoms in total. The summed E-state index contributed by atoms with van der Waals surface area (Å²) in [5.41, 5.74) is 1.55. The van der Waals surface area contributed by atoms with Gasteiger partial charge in [0.15, 0.2) is 5.69 Å². The highest BCUT2D eigenvalue weighted by Crippen LogP contribution is 2.46. The van der Waals surface area contributed by atoms with Crippen LogP contribution in [0.5, 0.6) is 11.6 Å². The normalized spacial score (nSPS) is 15.6. The van der Waals surface area contributed by atoms with Gasteiger partial charge in [-0.25, -0.2) is 9.78 Å². The molecule has 3 aromatic carbocycles. The van der Waals surface area contributed by atoms with Crippen LogP contribution in [0.4, 0.5) is 0 Å². The second kappa shape index (κ2) is 13.8. The first-order valence-electron chi connectivity index (χ1n) is 14.8. The molecule has 0 unspecified atom stereocenters. The van der Waals surface area contributed by atoms with Gasteiger partial charge in [-0.3, -0.25) is 0 Å². The molecule has 0 saturated heterocycles. The van der Waals surface area contributed by atoms with Gasteiger partial charge >= 0.3 is 5.97 Å². The van der Waals surface area contributed by atoms with E-state index in [1.807, 2.05) is 42.5 Å². The molecule has 4 aromatic rings. The number of aliphatic hydroxyl groups excluding tert-OH is 1. The third-order valence-electron chi connectivity index (χ3n) is 8.16. The summed E-state index contributed by atoms with van der Waals surface area (Å²) in [6, 6.07) is 24.0. The summed E-state index contributed by atoms with van der Waals surface area (Å²) in [6.07, 6.45) is 7.31. The summed E-state index contributed by atoms with van der Waals surface area (Å²) in [7, 11) is 0. The minimum atomic E-state index is -1.26. The van der Waals surface area contributed by atoms with Gasteiger partial charge in [0.25, 0.3) is 5.88 Å². The van der Waals surface area contributed by atoms with E-state index in [4.69, 9.17) is 9.84 Å². The number of benzene rings is 3. The van der Waals surface area contributed by atoms with E-state index in [-0.39, 0.29) is 30.1 Å². The maximum atomic E-state index is 12.0. The van der Waals surface area contributed by atoms with Crippen LogP contribution in [0.1, 0.15) is 66.0 Å². The van der Waals surface area contributed by atoms with E-state index in [1.54, 1.807) is 0 Å². The van der Waals surface area contributed by atoms with Gasteiger partial charge in [-0.05, 0) is 60.0 Å². The highest BCUT2D eigenvalue weighted by atomic mass is 16.5. The van der Waals surface area contributed by atoms with Gasteiger partial charge in [0, 0.05) is 18.4 Å². The molecule has 0 spiro atoms. The minimum absolute atomic E-state index is 0.108. The van der Waals surface area contributed by atoms with Gasteiger partial charge in [0.05, 0.1) is 6.61 Å². The number of rotatable bonds is 11. The monoisotopic (exact) mass is 569 g/mol. The number of fused-ring (bicyclic) bond motifs is 1. The molecule has 42 heavy (non-hydrogen) atoms. The number of ether oxygens (including phenoxy) is 1. The van der Waals surface area contributed by atoms with Gasteiger partial charge in [-0.15, -0.1) is 0 Å². The lowest BCUT2D eigenvalue weighted by Crippen LogP contribution is -2.27. The topological polar surface area (TPSA) is 125 Å². The first kappa shape index (κ1) is 29.5. The summed E-state index contributed by atoms with van der Waals surface area (Å²) < 4.78 is 5.65. The Kier molecular flexibility index (Phi) is 9.66. The summed E-state index contributed by atoms with van der Waals surface area (Å²) >= 11 is 0. The Labute approximate surface area is 246 Å². The predicted molar refractivity (Wildman–Crippen MR) is 162 cm³/mol. The van der Waals surface area contributed by atoms with E-state index in [1.165, 1.54) is 29.2 Å². The van der Waals surface area contributed by atoms with Crippen molar-refractivity contribution in [3.63, 3.8) is 0 Å². The molecule has 6 rings (SSSR count). The lowest BCUT2D eigenvalue weighted by Gasteiger charge is -2.30. The average molecular weight is 570 g/mol. The zero-order valence-electron chi connectivity index (χ0n) is 23.8. The lowest BCUT2D eigenvalue weighted by molar-refractivity contribution is 0.0682. The number of carbonyl (C=O) groups is 1. The van der Waals surface area contributed by atoms with Gasteiger partial charge in [-0.1, -0.05) is 85.6 Å². The van der Waals surface area contributed by atoms with Crippen molar-refractivity contribution < 1.29 is 24.9 Å². The van der Waals surface area contributed by atoms with Crippen molar-refractivity contribution in [2.75, 3.05) is 19.7 Å². The van der Waals surface area contributed by atoms with Crippen LogP contribution >= 0.6 is 0 Å². The largest absolute Gasteiger partial charge is 0.491 e. The van der Waals surface area contributed by atoms with Gasteiger partial charge in [0.2, 0.25) is 5.75 Å². The first-order valence-corrected chi connectivity index (χ1v) is 14.8. The minimum Gasteiger partial charge on any atom is -0.491 e. The lowest BCUT2D eigenvalue weighted by atomic mass is 9.74. The van der Waals surface area contributed by atoms with E-state index >= 15 is 0 Å². The summed E-state index contributed by atoms with van der Waals surface area (Å²) in [4.78, 5) is 20.7. The molecule has 0 aliphatic heterocycles. The molecule has 0 atom stereocenters. The van der Waals surface area contributed by atoms with Crippen LogP contribution in [0, 0.1) is 5.92 Å². The maximum absolute atomic E-state index is 12.0. The zero-order valence-corrected chi connectivity index (χ0v) is 23.8. The van der Waals surface area contributed by atoms with Gasteiger partial charge in [-0.2, -0.15) is 4.98 Å². The van der Waals surface area contributed by atoms with Crippen molar-refractivity contribution in [2.45, 2.75) is 57.0 Å². The summed E-state index contributed by atoms with van der Waals surface area (Å²) in [6.45, 7) is 2.25. The molecule has 2 fully saturated rings. The Morgan fingerprint density at radius 3 is 2.38 bits per heavy atom. The number of aromatic hydroxyl groups is 1. The van der Waals surface area contributed by atoms with Crippen LogP contribution in [0.3, 0.4) is 0 Å². The number of nitrogens with zero attached hydrogens (tertiary/aromatic N) is 2. The van der Waals surface area contributed by atoms with E-state index in [0.29, 0.717) is 12.2 Å². The van der Waals surface area contributed by atoms with Crippen molar-refractivity contribution in [3.05, 3.63) is 95.4 Å². The number of hydrogen-bond donors (Lipinski definition) is 4. The van der Waals surface area contributed by atoms with Crippen LogP contribution in [-0.4, -0.2) is 51.0 Å². The van der Waals surface area contributed by atoms with Gasteiger partial charge in [0.1, 0.15) is 12.4 Å². The van der Waals surface area contributed by atoms with Crippen LogP contribution in [-0.2, 0) is 18.4 Å². The molecule has 2 aliphatic carbocycles. The van der Waals surface area contributed by atoms with Gasteiger partial charge < -0.3 is 25.4 Å². The summed E-state index contributed by atoms with van der Waals surface area (Å²) in [5.74, 6) is -0.652. The molecular formula is C34H39N3O5. The Morgan fingerprint density at radius 2 is 1.67 bits per heavy atom. The molecule has 220 valence electrons. The maximum Gasteiger partial charge on any atom is 0.358 e. The highest BCUT2D eigenvalue weighted by Gasteiger charge is 2.38. The molecule has 2 saturated carbocycles. The van der Waals surface area contributed by atoms with E-state index < -0.39 is 11.8 Å². The third kappa shape index (κ3) is 7.24. The Bertz CT molecular complexity index is 1480. The Balaban J connectivity index is 0.000000382. The van der Waals surface area contributed by atoms with Crippen molar-refractivity contribution >= 4 is 16.7 Å². The third-order valence-corrected chi connectivity index (χ3v) is 8.16. The molecule has 2 aliphatic rings. The summed E-state index contributed by atoms with van der Waals surface area (Å²) in [5, 5.41) is 34.3. The number of aromatic nitrogens is 2. The van der Waals surface area contributed by atoms with Crippen molar-refractivity contribution in [3.8, 4) is 11.6 Å². The Hall–Kier alpha value is -4.01. The first-order chi connectivity index (χ1) is 20.5. The number of aromatic carboxylic acids is 1. The van der Waals surface area contributed by atoms with Crippen molar-refractivity contribution in [1.29, 1.82) is 0 Å². The number of aliphatic hydroxyl groups is 1. The van der Waals surface area contributed by atoms with E-state index in [2.05, 4.69) is 45.6 Å². The van der Waals surface area contributed by atoms with E-state index in [9.17, 15) is 15.0 Å². The molecule has 8 heteroatoms. The Morgan fingerprint density at radius 1 is 0.952 bits per heavy atom. The average Bonchev–Trinajstić information content (AvgIpc) is 3.72. The standard InChI is InChI=1S/C28H26N2O4.C6H13NO/c31-26-25(34-18-19-9-2-1-3-10-19)24(27(32)33)29-23(30-26)17-28(15-6-7-16-28)22-14-8-12-20-11-4-5-13-21(20)22;8-4-3-7-5-6-1-2-6/h1-5,8-14H,6-7,15-18H2,(H,32,33)(H,29,30,31);6-8H,1-5H2. The smallest absolute Gasteiger partial charge is 0.358 e. The highest BCUT2D eigenvalue weighted by molar-refractivity contribution is 5.89. The molecular weight excluding hydrogens is 530 g/mol. The van der Waals surface area contributed by atoms with E-state index in [0.717, 1.165) is 50.3 Å².